The zero-order chi connectivity index (χ0) is 46.2. The lowest BCUT2D eigenvalue weighted by Gasteiger charge is -2.30. The summed E-state index contributed by atoms with van der Waals surface area (Å²) in [4.78, 5) is 71.6. The van der Waals surface area contributed by atoms with E-state index in [1.807, 2.05) is 49.2 Å². The second kappa shape index (κ2) is 18.0. The molecule has 3 fully saturated rings. The Hall–Kier alpha value is -6.74. The fourth-order valence-electron chi connectivity index (χ4n) is 9.11. The lowest BCUT2D eigenvalue weighted by Crippen LogP contribution is -2.51. The van der Waals surface area contributed by atoms with Crippen LogP contribution in [-0.4, -0.2) is 114 Å². The van der Waals surface area contributed by atoms with E-state index in [-0.39, 0.29) is 42.0 Å². The Labute approximate surface area is 377 Å². The van der Waals surface area contributed by atoms with E-state index in [0.717, 1.165) is 77.2 Å². The molecule has 0 radical (unpaired) electrons. The number of fused-ring (bicyclic) bond motifs is 1. The Morgan fingerprint density at radius 2 is 1.38 bits per heavy atom. The Morgan fingerprint density at radius 1 is 0.815 bits per heavy atom. The van der Waals surface area contributed by atoms with E-state index < -0.39 is 52.0 Å². The first kappa shape index (κ1) is 44.9. The fraction of sp³-hybridized carbons (Fsp3) is 0.426. The van der Waals surface area contributed by atoms with Gasteiger partial charge in [-0.2, -0.15) is 5.26 Å². The first-order chi connectivity index (χ1) is 31.1. The van der Waals surface area contributed by atoms with Gasteiger partial charge in [-0.15, -0.1) is 0 Å². The average molecular weight is 904 g/mol. The van der Waals surface area contributed by atoms with Crippen LogP contribution in [0.3, 0.4) is 0 Å². The molecule has 17 nitrogen and oxygen atoms in total. The highest BCUT2D eigenvalue weighted by molar-refractivity contribution is 7.90. The molecule has 4 amide bonds. The maximum absolute atomic E-state index is 13.9. The molecule has 3 aromatic carbocycles. The number of amides is 4. The number of hydrogen-bond acceptors (Lipinski definition) is 11. The molecule has 340 valence electrons. The molecule has 2 saturated heterocycles. The molecule has 18 heteroatoms. The Kier molecular flexibility index (Phi) is 12.4. The third-order valence-electron chi connectivity index (χ3n) is 13.0. The van der Waals surface area contributed by atoms with Crippen molar-refractivity contribution in [1.29, 1.82) is 5.26 Å². The predicted molar refractivity (Wildman–Crippen MR) is 241 cm³/mol. The van der Waals surface area contributed by atoms with Crippen LogP contribution in [0.5, 0.6) is 0 Å². The van der Waals surface area contributed by atoms with Gasteiger partial charge in [0.25, 0.3) is 0 Å². The number of methoxy groups -OCH3 is 2. The van der Waals surface area contributed by atoms with Crippen molar-refractivity contribution in [2.75, 3.05) is 39.3 Å². The smallest absolute Gasteiger partial charge is 0.407 e. The van der Waals surface area contributed by atoms with Crippen LogP contribution < -0.4 is 10.6 Å². The third-order valence-corrected chi connectivity index (χ3v) is 13.9. The van der Waals surface area contributed by atoms with Crippen molar-refractivity contribution in [3.63, 3.8) is 0 Å². The number of sulfone groups is 1. The van der Waals surface area contributed by atoms with E-state index >= 15 is 0 Å². The van der Waals surface area contributed by atoms with Crippen LogP contribution in [0, 0.1) is 28.6 Å². The number of carbonyl (C=O) groups excluding carboxylic acids is 4. The van der Waals surface area contributed by atoms with E-state index in [1.54, 1.807) is 6.20 Å². The average Bonchev–Trinajstić information content (AvgIpc) is 3.80. The summed E-state index contributed by atoms with van der Waals surface area (Å²) in [6, 6.07) is 20.1. The van der Waals surface area contributed by atoms with E-state index in [0.29, 0.717) is 24.5 Å². The van der Waals surface area contributed by atoms with E-state index in [2.05, 4.69) is 72.8 Å². The molecule has 2 aliphatic heterocycles. The number of nitriles is 1. The monoisotopic (exact) mass is 903 g/mol. The maximum atomic E-state index is 13.9. The highest BCUT2D eigenvalue weighted by Gasteiger charge is 2.55. The van der Waals surface area contributed by atoms with Gasteiger partial charge in [-0.1, -0.05) is 62.4 Å². The van der Waals surface area contributed by atoms with Crippen LogP contribution in [-0.2, 0) is 28.9 Å². The molecule has 2 aromatic heterocycles. The van der Waals surface area contributed by atoms with Crippen molar-refractivity contribution in [1.82, 2.24) is 40.4 Å². The number of aromatic amines is 2. The number of nitrogens with zero attached hydrogens (tertiary/aromatic N) is 5. The number of aromatic nitrogens is 4. The van der Waals surface area contributed by atoms with Crippen LogP contribution >= 0.6 is 0 Å². The van der Waals surface area contributed by atoms with Crippen molar-refractivity contribution in [3.05, 3.63) is 84.7 Å². The van der Waals surface area contributed by atoms with Gasteiger partial charge in [-0.25, -0.2) is 28.0 Å². The Bertz CT molecular complexity index is 2770. The normalized spacial score (nSPS) is 19.8. The number of imidazole rings is 2. The minimum absolute atomic E-state index is 0.0953. The van der Waals surface area contributed by atoms with E-state index in [1.165, 1.54) is 12.0 Å². The molecule has 4 N–H and O–H groups in total. The summed E-state index contributed by atoms with van der Waals surface area (Å²) >= 11 is 0. The summed E-state index contributed by atoms with van der Waals surface area (Å²) in [7, 11) is -0.989. The van der Waals surface area contributed by atoms with Crippen LogP contribution in [0.25, 0.3) is 44.4 Å². The minimum atomic E-state index is -3.44. The van der Waals surface area contributed by atoms with Gasteiger partial charge in [-0.05, 0) is 83.0 Å². The van der Waals surface area contributed by atoms with Crippen molar-refractivity contribution in [2.45, 2.75) is 70.1 Å². The molecule has 1 saturated carbocycles. The minimum Gasteiger partial charge on any atom is -0.453 e. The van der Waals surface area contributed by atoms with Crippen molar-refractivity contribution in [2.24, 2.45) is 17.3 Å². The number of alkyl carbamates (subject to hydrolysis) is 2. The van der Waals surface area contributed by atoms with Gasteiger partial charge in [0, 0.05) is 24.9 Å². The summed E-state index contributed by atoms with van der Waals surface area (Å²) in [5.41, 5.74) is 5.52. The van der Waals surface area contributed by atoms with Crippen LogP contribution in [0.2, 0.25) is 0 Å². The standard InChI is InChI=1S/C47H53N9O8S/c1-27(2)40(54-46(60)64-4)44(58)56-26-47(15-16-47)21-39(56)42-50-24-37(52-42)34-13-12-32-19-31(10-11-33(32)20-34)29-6-8-30(9-7-29)36-23-49-41(51-36)38-18-28(22-48)25-55(38)43(57)35(53-45(59)63-3)14-17-65(5,61)62/h6-13,19-20,23-24,27-28,35,38-40H,14-18,21,25-26H2,1-5H3,(H,49,51)(H,50,52)(H,53,59)(H,54,60)/t28-,35+,38+,39+,40+/m1/s1. The molecule has 5 aromatic rings. The first-order valence-electron chi connectivity index (χ1n) is 21.7. The topological polar surface area (TPSA) is 233 Å². The molecule has 0 bridgehead atoms. The molecule has 8 rings (SSSR count). The zero-order valence-corrected chi connectivity index (χ0v) is 37.8. The number of nitrogens with one attached hydrogen (secondary N) is 4. The van der Waals surface area contributed by atoms with Gasteiger partial charge in [-0.3, -0.25) is 9.59 Å². The Morgan fingerprint density at radius 3 is 1.98 bits per heavy atom. The summed E-state index contributed by atoms with van der Waals surface area (Å²) in [5, 5.41) is 17.1. The highest BCUT2D eigenvalue weighted by atomic mass is 32.2. The van der Waals surface area contributed by atoms with Crippen LogP contribution in [0.15, 0.2) is 73.1 Å². The molecule has 1 spiro atoms. The lowest BCUT2D eigenvalue weighted by molar-refractivity contribution is -0.136. The molecular formula is C47H53N9O8S. The SMILES string of the molecule is COC(=O)N[C@@H](CCS(C)(=O)=O)C(=O)N1C[C@@H](C#N)C[C@H]1c1ncc(-c2ccc(-c3ccc4cc(-c5cnc([C@@H]6CC7(CC7)CN6C(=O)[C@@H](NC(=O)OC)C(C)C)[nH]5)ccc4c3)cc2)[nH]1. The number of benzene rings is 3. The second-order valence-corrected chi connectivity index (χ2v) is 20.2. The number of carbonyl (C=O) groups is 4. The molecule has 3 aliphatic rings. The fourth-order valence-corrected chi connectivity index (χ4v) is 9.78. The first-order valence-corrected chi connectivity index (χ1v) is 23.8. The van der Waals surface area contributed by atoms with Crippen molar-refractivity contribution >= 4 is 44.6 Å². The molecule has 0 unspecified atom stereocenters. The number of rotatable bonds is 13. The molecule has 1 aliphatic carbocycles. The molecular weight excluding hydrogens is 851 g/mol. The van der Waals surface area contributed by atoms with Gasteiger partial charge in [0.1, 0.15) is 33.6 Å². The van der Waals surface area contributed by atoms with E-state index in [4.69, 9.17) is 9.72 Å². The van der Waals surface area contributed by atoms with Gasteiger partial charge in [0.05, 0.1) is 67.8 Å². The maximum Gasteiger partial charge on any atom is 0.407 e. The van der Waals surface area contributed by atoms with Gasteiger partial charge >= 0.3 is 12.2 Å². The summed E-state index contributed by atoms with van der Waals surface area (Å²) in [6.07, 6.45) is 6.17. The summed E-state index contributed by atoms with van der Waals surface area (Å²) < 4.78 is 33.4. The molecule has 5 atom stereocenters. The predicted octanol–water partition coefficient (Wildman–Crippen LogP) is 6.29. The summed E-state index contributed by atoms with van der Waals surface area (Å²) in [6.45, 7) is 4.55. The van der Waals surface area contributed by atoms with Crippen LogP contribution in [0.1, 0.15) is 69.7 Å². The van der Waals surface area contributed by atoms with Gasteiger partial charge in [0.2, 0.25) is 11.8 Å². The second-order valence-electron chi connectivity index (χ2n) is 17.9. The summed E-state index contributed by atoms with van der Waals surface area (Å²) in [5.74, 6) is -0.383. The molecule has 4 heterocycles. The van der Waals surface area contributed by atoms with Gasteiger partial charge < -0.3 is 39.9 Å². The largest absolute Gasteiger partial charge is 0.453 e. The lowest BCUT2D eigenvalue weighted by atomic mass is 9.98. The molecule has 65 heavy (non-hydrogen) atoms. The number of ether oxygens (including phenoxy) is 2. The number of likely N-dealkylation sites (tertiary alicyclic amines) is 2. The van der Waals surface area contributed by atoms with Crippen molar-refractivity contribution < 1.29 is 37.1 Å². The van der Waals surface area contributed by atoms with E-state index in [9.17, 15) is 32.9 Å². The Balaban J connectivity index is 0.959. The van der Waals surface area contributed by atoms with Gasteiger partial charge in [0.15, 0.2) is 0 Å². The number of H-pyrrole nitrogens is 2. The quantitative estimate of drug-likeness (QED) is 0.102. The highest BCUT2D eigenvalue weighted by Crippen LogP contribution is 2.58. The zero-order valence-electron chi connectivity index (χ0n) is 37.0. The van der Waals surface area contributed by atoms with Crippen LogP contribution in [0.4, 0.5) is 9.59 Å². The van der Waals surface area contributed by atoms with Crippen molar-refractivity contribution in [3.8, 4) is 39.7 Å². The number of hydrogen-bond donors (Lipinski definition) is 4. The third kappa shape index (κ3) is 9.70.